The van der Waals surface area contributed by atoms with Crippen LogP contribution in [-0.2, 0) is 4.79 Å². The van der Waals surface area contributed by atoms with E-state index < -0.39 is 0 Å². The van der Waals surface area contributed by atoms with Crippen LogP contribution in [0.5, 0.6) is 0 Å². The van der Waals surface area contributed by atoms with Crippen LogP contribution in [0.1, 0.15) is 20.8 Å². The number of thiocarbonyl (C=S) groups is 1. The number of hydrogen-bond donors (Lipinski definition) is 1. The molecule has 0 aliphatic heterocycles. The zero-order valence-corrected chi connectivity index (χ0v) is 7.29. The van der Waals surface area contributed by atoms with Gasteiger partial charge in [0.05, 0.1) is 6.54 Å². The van der Waals surface area contributed by atoms with Crippen LogP contribution in [0.4, 0.5) is 0 Å². The van der Waals surface area contributed by atoms with Crippen molar-refractivity contribution in [3.8, 4) is 0 Å². The predicted molar refractivity (Wildman–Crippen MR) is 45.6 cm³/mol. The van der Waals surface area contributed by atoms with Gasteiger partial charge in [-0.15, -0.1) is 0 Å². The number of carbonyl (C=O) groups is 1. The van der Waals surface area contributed by atoms with E-state index in [2.05, 4.69) is 5.32 Å². The summed E-state index contributed by atoms with van der Waals surface area (Å²) >= 11 is 4.73. The molecule has 0 saturated carbocycles. The van der Waals surface area contributed by atoms with Gasteiger partial charge >= 0.3 is 0 Å². The van der Waals surface area contributed by atoms with Gasteiger partial charge in [-0.3, -0.25) is 4.79 Å². The first kappa shape index (κ1) is 9.56. The normalized spacial score (nSPS) is 10.7. The fourth-order valence-corrected chi connectivity index (χ4v) is 0.390. The van der Waals surface area contributed by atoms with Gasteiger partial charge in [0.25, 0.3) is 0 Å². The summed E-state index contributed by atoms with van der Waals surface area (Å²) in [5, 5.41) is 4.19. The third-order valence-corrected chi connectivity index (χ3v) is 1.56. The molecule has 0 bridgehead atoms. The van der Waals surface area contributed by atoms with Gasteiger partial charge in [-0.1, -0.05) is 26.1 Å². The van der Waals surface area contributed by atoms with E-state index in [0.717, 1.165) is 0 Å². The van der Waals surface area contributed by atoms with Crippen LogP contribution in [0.3, 0.4) is 0 Å². The average molecular weight is 158 g/mol. The molecule has 1 amide bonds. The summed E-state index contributed by atoms with van der Waals surface area (Å²) in [6, 6.07) is 0. The fourth-order valence-electron chi connectivity index (χ4n) is 0.322. The molecule has 10 heavy (non-hydrogen) atoms. The van der Waals surface area contributed by atoms with E-state index in [4.69, 9.17) is 12.2 Å². The van der Waals surface area contributed by atoms with Gasteiger partial charge in [0.2, 0.25) is 5.91 Å². The maximum absolute atomic E-state index is 10.4. The van der Waals surface area contributed by atoms with Gasteiger partial charge in [0.1, 0.15) is 0 Å². The molecule has 0 saturated heterocycles. The average Bonchev–Trinajstić information content (AvgIpc) is 1.85. The third kappa shape index (κ3) is 4.44. The number of amides is 1. The van der Waals surface area contributed by atoms with Gasteiger partial charge < -0.3 is 5.32 Å². The molecular formula is C7H12NOS. The largest absolute Gasteiger partial charge is 0.351 e. The molecule has 3 heteroatoms. The first-order chi connectivity index (χ1) is 4.48. The Morgan fingerprint density at radius 3 is 2.40 bits per heavy atom. The van der Waals surface area contributed by atoms with E-state index in [1.807, 2.05) is 13.8 Å². The van der Waals surface area contributed by atoms with E-state index in [9.17, 15) is 4.79 Å². The van der Waals surface area contributed by atoms with Gasteiger partial charge in [0, 0.05) is 12.3 Å². The van der Waals surface area contributed by atoms with E-state index in [-0.39, 0.29) is 11.3 Å². The number of carbonyl (C=O) groups excluding carboxylic acids is 1. The molecule has 1 N–H and O–H groups in total. The Morgan fingerprint density at radius 1 is 1.60 bits per heavy atom. The highest BCUT2D eigenvalue weighted by atomic mass is 32.1. The van der Waals surface area contributed by atoms with E-state index >= 15 is 0 Å². The lowest BCUT2D eigenvalue weighted by Gasteiger charge is -2.17. The number of nitrogens with one attached hydrogen (secondary N) is 1. The standard InChI is InChI=1S/C7H12NOS/c1-6(9)8-4-7(2,3)5-10/h4-5H,1-3H3,(H,8,9). The van der Waals surface area contributed by atoms with Crippen LogP contribution in [0.2, 0.25) is 0 Å². The lowest BCUT2D eigenvalue weighted by molar-refractivity contribution is -0.118. The number of hydrogen-bond acceptors (Lipinski definition) is 2. The molecule has 0 aliphatic rings. The summed E-state index contributed by atoms with van der Waals surface area (Å²) in [4.78, 5) is 10.4. The van der Waals surface area contributed by atoms with Gasteiger partial charge in [-0.25, -0.2) is 0 Å². The zero-order valence-electron chi connectivity index (χ0n) is 6.47. The molecule has 0 aromatic heterocycles. The van der Waals surface area contributed by atoms with Crippen LogP contribution in [-0.4, -0.2) is 11.3 Å². The van der Waals surface area contributed by atoms with Crippen LogP contribution >= 0.6 is 12.2 Å². The molecule has 0 aromatic rings. The minimum absolute atomic E-state index is 0.0649. The minimum atomic E-state index is -0.193. The Labute approximate surface area is 67.0 Å². The molecule has 57 valence electrons. The summed E-state index contributed by atoms with van der Waals surface area (Å²) in [5.74, 6) is -0.0649. The van der Waals surface area contributed by atoms with Crippen LogP contribution in [0, 0.1) is 12.0 Å². The summed E-state index contributed by atoms with van der Waals surface area (Å²) in [5.41, 5.74) is -0.193. The molecule has 0 aliphatic carbocycles. The Kier molecular flexibility index (Phi) is 3.50. The first-order valence-electron chi connectivity index (χ1n) is 3.06. The highest BCUT2D eigenvalue weighted by molar-refractivity contribution is 7.79. The van der Waals surface area contributed by atoms with Crippen molar-refractivity contribution in [1.82, 2.24) is 5.32 Å². The second-order valence-corrected chi connectivity index (χ2v) is 3.02. The third-order valence-electron chi connectivity index (χ3n) is 0.951. The molecule has 2 nitrogen and oxygen atoms in total. The Hall–Kier alpha value is -0.440. The van der Waals surface area contributed by atoms with Crippen LogP contribution in [0.15, 0.2) is 0 Å². The monoisotopic (exact) mass is 158 g/mol. The summed E-state index contributed by atoms with van der Waals surface area (Å²) in [6.45, 7) is 7.00. The smallest absolute Gasteiger partial charge is 0.217 e. The quantitative estimate of drug-likeness (QED) is 0.627. The van der Waals surface area contributed by atoms with Crippen molar-refractivity contribution in [2.24, 2.45) is 5.41 Å². The van der Waals surface area contributed by atoms with Crippen molar-refractivity contribution >= 4 is 23.5 Å². The second-order valence-electron chi connectivity index (χ2n) is 2.78. The molecule has 0 fully saturated rings. The molecule has 0 unspecified atom stereocenters. The molecular weight excluding hydrogens is 146 g/mol. The van der Waals surface area contributed by atoms with Gasteiger partial charge in [-0.05, 0) is 5.37 Å². The van der Waals surface area contributed by atoms with Gasteiger partial charge in [0.15, 0.2) is 0 Å². The summed E-state index contributed by atoms with van der Waals surface area (Å²) < 4.78 is 0. The van der Waals surface area contributed by atoms with E-state index in [1.54, 1.807) is 11.9 Å². The van der Waals surface area contributed by atoms with E-state index in [0.29, 0.717) is 0 Å². The van der Waals surface area contributed by atoms with Crippen molar-refractivity contribution in [3.63, 3.8) is 0 Å². The van der Waals surface area contributed by atoms with Crippen molar-refractivity contribution < 1.29 is 4.79 Å². The second kappa shape index (κ2) is 3.66. The molecule has 1 radical (unpaired) electrons. The molecule has 0 atom stereocenters. The summed E-state index contributed by atoms with van der Waals surface area (Å²) in [7, 11) is 0. The number of rotatable bonds is 3. The lowest BCUT2D eigenvalue weighted by Crippen LogP contribution is -2.27. The Morgan fingerprint density at radius 2 is 2.10 bits per heavy atom. The maximum atomic E-state index is 10.4. The maximum Gasteiger partial charge on any atom is 0.217 e. The van der Waals surface area contributed by atoms with Crippen molar-refractivity contribution in [1.29, 1.82) is 0 Å². The van der Waals surface area contributed by atoms with Crippen molar-refractivity contribution in [2.75, 3.05) is 0 Å². The highest BCUT2D eigenvalue weighted by Gasteiger charge is 2.13. The fraction of sp³-hybridized carbons (Fsp3) is 0.571. The molecule has 0 heterocycles. The highest BCUT2D eigenvalue weighted by Crippen LogP contribution is 2.13. The van der Waals surface area contributed by atoms with E-state index in [1.165, 1.54) is 6.92 Å². The van der Waals surface area contributed by atoms with Crippen molar-refractivity contribution in [2.45, 2.75) is 20.8 Å². The van der Waals surface area contributed by atoms with Crippen LogP contribution < -0.4 is 5.32 Å². The Bertz CT molecular complexity index is 143. The minimum Gasteiger partial charge on any atom is -0.351 e. The topological polar surface area (TPSA) is 29.1 Å². The molecule has 0 aromatic carbocycles. The lowest BCUT2D eigenvalue weighted by atomic mass is 9.97. The SMILES string of the molecule is CC(=O)N[CH]C(C)(C)C=S. The van der Waals surface area contributed by atoms with Crippen molar-refractivity contribution in [3.05, 3.63) is 6.54 Å². The predicted octanol–water partition coefficient (Wildman–Crippen LogP) is 1.31. The van der Waals surface area contributed by atoms with Crippen LogP contribution in [0.25, 0.3) is 0 Å². The molecule has 0 rings (SSSR count). The zero-order chi connectivity index (χ0) is 8.20. The Balaban J connectivity index is 3.67. The first-order valence-corrected chi connectivity index (χ1v) is 3.53. The molecule has 0 spiro atoms. The summed E-state index contributed by atoms with van der Waals surface area (Å²) in [6.07, 6.45) is 0. The van der Waals surface area contributed by atoms with Gasteiger partial charge in [-0.2, -0.15) is 0 Å².